The second-order valence-electron chi connectivity index (χ2n) is 1.58. The van der Waals surface area contributed by atoms with E-state index < -0.39 is 12.0 Å². The maximum Gasteiger partial charge on any atom is 0.325 e. The van der Waals surface area contributed by atoms with E-state index in [0.29, 0.717) is 0 Å². The van der Waals surface area contributed by atoms with Crippen LogP contribution in [0, 0.1) is 0 Å². The molecule has 0 aromatic rings. The van der Waals surface area contributed by atoms with E-state index in [9.17, 15) is 4.79 Å². The Bertz CT molecular complexity index is 106. The van der Waals surface area contributed by atoms with Crippen molar-refractivity contribution in [2.24, 2.45) is 5.73 Å². The Morgan fingerprint density at radius 2 is 2.20 bits per heavy atom. The summed E-state index contributed by atoms with van der Waals surface area (Å²) in [5.74, 6) is -0.517. The topological polar surface area (TPSA) is 70.8 Å². The van der Waals surface area contributed by atoms with E-state index in [1.54, 1.807) is 0 Å². The van der Waals surface area contributed by atoms with E-state index >= 15 is 0 Å². The highest BCUT2D eigenvalue weighted by molar-refractivity contribution is 5.75. The van der Waals surface area contributed by atoms with Crippen LogP contribution < -0.4 is 5.73 Å². The summed E-state index contributed by atoms with van der Waals surface area (Å²) < 4.78 is 4.31. The molecule has 5 nitrogen and oxygen atoms in total. The fraction of sp³-hybridized carbons (Fsp3) is 0.800. The van der Waals surface area contributed by atoms with Crippen LogP contribution in [0.15, 0.2) is 0 Å². The third kappa shape index (κ3) is 3.39. The summed E-state index contributed by atoms with van der Waals surface area (Å²) in [5, 5.41) is 0. The highest BCUT2D eigenvalue weighted by atomic mass is 17.2. The van der Waals surface area contributed by atoms with Gasteiger partial charge in [-0.15, -0.1) is 0 Å². The number of rotatable bonds is 4. The molecule has 0 radical (unpaired) electrons. The molecular formula is C5H11NO4. The zero-order chi connectivity index (χ0) is 7.98. The van der Waals surface area contributed by atoms with Crippen LogP contribution in [0.5, 0.6) is 0 Å². The second kappa shape index (κ2) is 5.16. The first-order chi connectivity index (χ1) is 4.72. The summed E-state index contributed by atoms with van der Waals surface area (Å²) in [5.41, 5.74) is 5.23. The molecule has 0 rings (SSSR count). The van der Waals surface area contributed by atoms with Crippen molar-refractivity contribution in [3.63, 3.8) is 0 Å². The number of esters is 1. The van der Waals surface area contributed by atoms with E-state index in [4.69, 9.17) is 5.73 Å². The number of nitrogens with two attached hydrogens (primary N) is 1. The first kappa shape index (κ1) is 9.35. The molecule has 1 atom stereocenters. The molecule has 0 heterocycles. The van der Waals surface area contributed by atoms with Gasteiger partial charge in [0, 0.05) is 0 Å². The van der Waals surface area contributed by atoms with Crippen LogP contribution in [0.2, 0.25) is 0 Å². The third-order valence-electron chi connectivity index (χ3n) is 0.869. The number of carbonyl (C=O) groups excluding carboxylic acids is 1. The largest absolute Gasteiger partial charge is 0.468 e. The molecule has 0 amide bonds. The number of hydrogen-bond acceptors (Lipinski definition) is 5. The zero-order valence-electron chi connectivity index (χ0n) is 5.99. The molecule has 0 aliphatic rings. The Morgan fingerprint density at radius 1 is 1.60 bits per heavy atom. The Labute approximate surface area is 59.0 Å². The van der Waals surface area contributed by atoms with Crippen LogP contribution in [0.1, 0.15) is 0 Å². The Morgan fingerprint density at radius 3 is 2.60 bits per heavy atom. The third-order valence-corrected chi connectivity index (χ3v) is 0.869. The molecule has 0 aliphatic carbocycles. The van der Waals surface area contributed by atoms with Crippen molar-refractivity contribution in [1.82, 2.24) is 0 Å². The van der Waals surface area contributed by atoms with Gasteiger partial charge in [0.15, 0.2) is 0 Å². The molecule has 0 bridgehead atoms. The van der Waals surface area contributed by atoms with Crippen molar-refractivity contribution in [2.45, 2.75) is 6.04 Å². The fourth-order valence-electron chi connectivity index (χ4n) is 0.361. The minimum atomic E-state index is -0.773. The van der Waals surface area contributed by atoms with Gasteiger partial charge in [-0.2, -0.15) is 0 Å². The van der Waals surface area contributed by atoms with Crippen molar-refractivity contribution >= 4 is 5.97 Å². The van der Waals surface area contributed by atoms with E-state index in [1.807, 2.05) is 0 Å². The highest BCUT2D eigenvalue weighted by Crippen LogP contribution is 1.84. The Kier molecular flexibility index (Phi) is 4.82. The van der Waals surface area contributed by atoms with Gasteiger partial charge in [0.25, 0.3) is 0 Å². The van der Waals surface area contributed by atoms with E-state index in [2.05, 4.69) is 14.5 Å². The summed E-state index contributed by atoms with van der Waals surface area (Å²) in [4.78, 5) is 19.1. The van der Waals surface area contributed by atoms with Crippen LogP contribution in [0.3, 0.4) is 0 Å². The van der Waals surface area contributed by atoms with Gasteiger partial charge in [-0.3, -0.25) is 4.79 Å². The normalized spacial score (nSPS) is 12.7. The predicted octanol–water partition coefficient (Wildman–Crippen LogP) is -0.935. The molecule has 0 saturated carbocycles. The maximum absolute atomic E-state index is 10.5. The van der Waals surface area contributed by atoms with Crippen molar-refractivity contribution in [3.8, 4) is 0 Å². The van der Waals surface area contributed by atoms with Gasteiger partial charge in [0.2, 0.25) is 0 Å². The van der Waals surface area contributed by atoms with Gasteiger partial charge in [-0.25, -0.2) is 9.78 Å². The fourth-order valence-corrected chi connectivity index (χ4v) is 0.361. The lowest BCUT2D eigenvalue weighted by Crippen LogP contribution is -2.35. The summed E-state index contributed by atoms with van der Waals surface area (Å²) in [6, 6.07) is -0.773. The molecular weight excluding hydrogens is 138 g/mol. The molecule has 5 heteroatoms. The second-order valence-corrected chi connectivity index (χ2v) is 1.58. The van der Waals surface area contributed by atoms with Crippen LogP contribution in [0.4, 0.5) is 0 Å². The number of hydrogen-bond donors (Lipinski definition) is 1. The van der Waals surface area contributed by atoms with E-state index in [1.165, 1.54) is 14.2 Å². The van der Waals surface area contributed by atoms with Gasteiger partial charge in [-0.05, 0) is 0 Å². The first-order valence-corrected chi connectivity index (χ1v) is 2.71. The highest BCUT2D eigenvalue weighted by Gasteiger charge is 2.13. The average Bonchev–Trinajstić information content (AvgIpc) is 1.98. The first-order valence-electron chi connectivity index (χ1n) is 2.71. The standard InChI is InChI=1S/C5H11NO4/c1-8-5(7)4(6)3-10-9-2/h4H,3,6H2,1-2H3. The molecule has 0 aromatic heterocycles. The van der Waals surface area contributed by atoms with Gasteiger partial charge in [0.1, 0.15) is 12.6 Å². The maximum atomic E-state index is 10.5. The monoisotopic (exact) mass is 149 g/mol. The Hall–Kier alpha value is -0.650. The number of ether oxygens (including phenoxy) is 1. The van der Waals surface area contributed by atoms with Crippen molar-refractivity contribution in [1.29, 1.82) is 0 Å². The summed E-state index contributed by atoms with van der Waals surface area (Å²) in [6.45, 7) is 0.00315. The molecule has 10 heavy (non-hydrogen) atoms. The average molecular weight is 149 g/mol. The lowest BCUT2D eigenvalue weighted by atomic mass is 10.3. The molecule has 2 N–H and O–H groups in total. The quantitative estimate of drug-likeness (QED) is 0.317. The van der Waals surface area contributed by atoms with Crippen molar-refractivity contribution in [2.75, 3.05) is 20.8 Å². The lowest BCUT2D eigenvalue weighted by Gasteiger charge is -2.06. The van der Waals surface area contributed by atoms with Crippen molar-refractivity contribution < 1.29 is 19.3 Å². The van der Waals surface area contributed by atoms with E-state index in [0.717, 1.165) is 0 Å². The van der Waals surface area contributed by atoms with Gasteiger partial charge in [0.05, 0.1) is 14.2 Å². The summed E-state index contributed by atoms with van der Waals surface area (Å²) >= 11 is 0. The van der Waals surface area contributed by atoms with Crippen molar-refractivity contribution in [3.05, 3.63) is 0 Å². The summed E-state index contributed by atoms with van der Waals surface area (Å²) in [6.07, 6.45) is 0. The van der Waals surface area contributed by atoms with Gasteiger partial charge < -0.3 is 10.5 Å². The minimum absolute atomic E-state index is 0.00315. The molecule has 60 valence electrons. The molecule has 0 saturated heterocycles. The molecule has 0 aromatic carbocycles. The summed E-state index contributed by atoms with van der Waals surface area (Å²) in [7, 11) is 2.60. The van der Waals surface area contributed by atoms with Crippen LogP contribution in [0.25, 0.3) is 0 Å². The molecule has 0 aliphatic heterocycles. The van der Waals surface area contributed by atoms with Crippen LogP contribution >= 0.6 is 0 Å². The van der Waals surface area contributed by atoms with Crippen LogP contribution in [-0.4, -0.2) is 32.8 Å². The van der Waals surface area contributed by atoms with Crippen LogP contribution in [-0.2, 0) is 19.3 Å². The van der Waals surface area contributed by atoms with Gasteiger partial charge in [-0.1, -0.05) is 0 Å². The molecule has 0 spiro atoms. The minimum Gasteiger partial charge on any atom is -0.468 e. The smallest absolute Gasteiger partial charge is 0.325 e. The Balaban J connectivity index is 3.41. The predicted molar refractivity (Wildman–Crippen MR) is 33.0 cm³/mol. The number of methoxy groups -OCH3 is 1. The lowest BCUT2D eigenvalue weighted by molar-refractivity contribution is -0.274. The van der Waals surface area contributed by atoms with E-state index in [-0.39, 0.29) is 6.61 Å². The molecule has 0 fully saturated rings. The number of carbonyl (C=O) groups is 1. The SMILES string of the molecule is COOCC(N)C(=O)OC. The molecule has 1 unspecified atom stereocenters. The van der Waals surface area contributed by atoms with Gasteiger partial charge >= 0.3 is 5.97 Å². The zero-order valence-corrected chi connectivity index (χ0v) is 5.99.